The van der Waals surface area contributed by atoms with Crippen molar-refractivity contribution in [2.24, 2.45) is 0 Å². The summed E-state index contributed by atoms with van der Waals surface area (Å²) in [7, 11) is 1.60. The molecule has 21 heavy (non-hydrogen) atoms. The Morgan fingerprint density at radius 1 is 1.19 bits per heavy atom. The zero-order valence-electron chi connectivity index (χ0n) is 11.5. The average molecular weight is 279 g/mol. The minimum absolute atomic E-state index is 0.240. The van der Waals surface area contributed by atoms with E-state index in [0.717, 1.165) is 22.6 Å². The zero-order chi connectivity index (χ0) is 14.7. The van der Waals surface area contributed by atoms with E-state index in [9.17, 15) is 5.26 Å². The molecule has 0 unspecified atom stereocenters. The van der Waals surface area contributed by atoms with E-state index >= 15 is 0 Å². The van der Waals surface area contributed by atoms with Gasteiger partial charge in [-0.15, -0.1) is 0 Å². The highest BCUT2D eigenvalue weighted by Gasteiger charge is 2.13. The number of nitriles is 1. The van der Waals surface area contributed by atoms with Crippen LogP contribution in [0.25, 0.3) is 11.6 Å². The van der Waals surface area contributed by atoms with Gasteiger partial charge < -0.3 is 14.2 Å². The van der Waals surface area contributed by atoms with Crippen LogP contribution >= 0.6 is 0 Å². The summed E-state index contributed by atoms with van der Waals surface area (Å²) < 4.78 is 15.8. The highest BCUT2D eigenvalue weighted by Crippen LogP contribution is 2.33. The predicted molar refractivity (Wildman–Crippen MR) is 79.0 cm³/mol. The highest BCUT2D eigenvalue weighted by molar-refractivity contribution is 5.90. The lowest BCUT2D eigenvalue weighted by Crippen LogP contribution is -1.92. The van der Waals surface area contributed by atoms with Crippen LogP contribution in [0.1, 0.15) is 11.1 Å². The van der Waals surface area contributed by atoms with Crippen LogP contribution in [-0.2, 0) is 0 Å². The van der Waals surface area contributed by atoms with Gasteiger partial charge in [0.25, 0.3) is 0 Å². The molecule has 2 aromatic rings. The third kappa shape index (κ3) is 2.67. The monoisotopic (exact) mass is 279 g/mol. The Balaban J connectivity index is 1.97. The number of benzene rings is 2. The molecule has 0 saturated carbocycles. The first-order valence-corrected chi connectivity index (χ1v) is 6.46. The molecule has 4 heteroatoms. The van der Waals surface area contributed by atoms with Gasteiger partial charge in [-0.3, -0.25) is 0 Å². The molecule has 104 valence electrons. The number of hydrogen-bond acceptors (Lipinski definition) is 4. The van der Waals surface area contributed by atoms with Crippen LogP contribution in [0, 0.1) is 11.3 Å². The van der Waals surface area contributed by atoms with Crippen LogP contribution < -0.4 is 14.2 Å². The van der Waals surface area contributed by atoms with E-state index in [4.69, 9.17) is 14.2 Å². The third-order valence-electron chi connectivity index (χ3n) is 3.21. The van der Waals surface area contributed by atoms with Crippen molar-refractivity contribution in [3.05, 3.63) is 53.6 Å². The van der Waals surface area contributed by atoms with Gasteiger partial charge in [-0.05, 0) is 41.5 Å². The van der Waals surface area contributed by atoms with Crippen molar-refractivity contribution in [2.45, 2.75) is 0 Å². The highest BCUT2D eigenvalue weighted by atomic mass is 16.7. The van der Waals surface area contributed by atoms with E-state index in [0.29, 0.717) is 11.3 Å². The van der Waals surface area contributed by atoms with Crippen molar-refractivity contribution < 1.29 is 14.2 Å². The number of hydrogen-bond donors (Lipinski definition) is 0. The van der Waals surface area contributed by atoms with Gasteiger partial charge in [0.1, 0.15) is 5.75 Å². The molecule has 0 fully saturated rings. The Morgan fingerprint density at radius 3 is 2.86 bits per heavy atom. The molecule has 0 saturated heterocycles. The second-order valence-corrected chi connectivity index (χ2v) is 4.51. The Kier molecular flexibility index (Phi) is 3.48. The molecular formula is C17H13NO3. The molecule has 0 amide bonds. The van der Waals surface area contributed by atoms with E-state index in [2.05, 4.69) is 6.07 Å². The maximum atomic E-state index is 9.38. The van der Waals surface area contributed by atoms with Gasteiger partial charge in [0.15, 0.2) is 11.5 Å². The second-order valence-electron chi connectivity index (χ2n) is 4.51. The first kappa shape index (κ1) is 13.1. The van der Waals surface area contributed by atoms with Gasteiger partial charge >= 0.3 is 0 Å². The van der Waals surface area contributed by atoms with Crippen molar-refractivity contribution in [3.63, 3.8) is 0 Å². The van der Waals surface area contributed by atoms with Crippen LogP contribution in [0.4, 0.5) is 0 Å². The van der Waals surface area contributed by atoms with E-state index in [1.165, 1.54) is 0 Å². The van der Waals surface area contributed by atoms with Crippen molar-refractivity contribution in [3.8, 4) is 23.3 Å². The molecule has 4 nitrogen and oxygen atoms in total. The van der Waals surface area contributed by atoms with Crippen LogP contribution in [-0.4, -0.2) is 13.9 Å². The molecule has 1 aliphatic heterocycles. The number of ether oxygens (including phenoxy) is 3. The summed E-state index contributed by atoms with van der Waals surface area (Å²) >= 11 is 0. The number of fused-ring (bicyclic) bond motifs is 1. The van der Waals surface area contributed by atoms with Gasteiger partial charge in [-0.1, -0.05) is 18.2 Å². The molecule has 3 rings (SSSR count). The molecule has 0 spiro atoms. The van der Waals surface area contributed by atoms with Gasteiger partial charge in [0.05, 0.1) is 18.8 Å². The smallest absolute Gasteiger partial charge is 0.231 e. The van der Waals surface area contributed by atoms with Crippen LogP contribution in [0.5, 0.6) is 17.2 Å². The predicted octanol–water partition coefficient (Wildman–Crippen LogP) is 3.49. The summed E-state index contributed by atoms with van der Waals surface area (Å²) in [5.41, 5.74) is 2.26. The number of rotatable bonds is 3. The van der Waals surface area contributed by atoms with Crippen molar-refractivity contribution in [2.75, 3.05) is 13.9 Å². The molecular weight excluding hydrogens is 266 g/mol. The quantitative estimate of drug-likeness (QED) is 0.637. The fraction of sp³-hybridized carbons (Fsp3) is 0.118. The van der Waals surface area contributed by atoms with Crippen molar-refractivity contribution in [1.82, 2.24) is 0 Å². The minimum atomic E-state index is 0.240. The first-order valence-electron chi connectivity index (χ1n) is 6.46. The molecule has 0 bridgehead atoms. The van der Waals surface area contributed by atoms with Gasteiger partial charge in [0.2, 0.25) is 6.79 Å². The molecule has 0 atom stereocenters. The number of nitrogens with zero attached hydrogens (tertiary/aromatic N) is 1. The summed E-state index contributed by atoms with van der Waals surface area (Å²) in [4.78, 5) is 0. The van der Waals surface area contributed by atoms with Gasteiger partial charge in [-0.25, -0.2) is 0 Å². The SMILES string of the molecule is COc1cccc(/C(C#N)=C\c2ccc3c(c2)OCO3)c1. The third-order valence-corrected chi connectivity index (χ3v) is 3.21. The number of allylic oxidation sites excluding steroid dienone is 1. The molecule has 0 aromatic heterocycles. The Bertz CT molecular complexity index is 744. The lowest BCUT2D eigenvalue weighted by Gasteiger charge is -2.04. The van der Waals surface area contributed by atoms with E-state index in [-0.39, 0.29) is 6.79 Å². The zero-order valence-corrected chi connectivity index (χ0v) is 11.5. The van der Waals surface area contributed by atoms with Crippen LogP contribution in [0.2, 0.25) is 0 Å². The molecule has 1 heterocycles. The van der Waals surface area contributed by atoms with E-state index < -0.39 is 0 Å². The summed E-state index contributed by atoms with van der Waals surface area (Å²) in [6, 6.07) is 15.2. The van der Waals surface area contributed by atoms with E-state index in [1.54, 1.807) is 7.11 Å². The second kappa shape index (κ2) is 5.59. The lowest BCUT2D eigenvalue weighted by atomic mass is 10.0. The van der Waals surface area contributed by atoms with Crippen LogP contribution in [0.15, 0.2) is 42.5 Å². The lowest BCUT2D eigenvalue weighted by molar-refractivity contribution is 0.174. The molecule has 0 radical (unpaired) electrons. The maximum absolute atomic E-state index is 9.38. The topological polar surface area (TPSA) is 51.5 Å². The van der Waals surface area contributed by atoms with Gasteiger partial charge in [0, 0.05) is 0 Å². The Labute approximate surface area is 122 Å². The van der Waals surface area contributed by atoms with Crippen molar-refractivity contribution >= 4 is 11.6 Å². The van der Waals surface area contributed by atoms with E-state index in [1.807, 2.05) is 48.5 Å². The molecule has 1 aliphatic rings. The summed E-state index contributed by atoms with van der Waals surface area (Å²) in [5, 5.41) is 9.38. The first-order chi connectivity index (χ1) is 10.3. The largest absolute Gasteiger partial charge is 0.497 e. The van der Waals surface area contributed by atoms with Crippen molar-refractivity contribution in [1.29, 1.82) is 5.26 Å². The summed E-state index contributed by atoms with van der Waals surface area (Å²) in [6.45, 7) is 0.240. The standard InChI is InChI=1S/C17H13NO3/c1-19-15-4-2-3-13(9-15)14(10-18)7-12-5-6-16-17(8-12)21-11-20-16/h2-9H,11H2,1H3/b14-7-. The molecule has 0 aliphatic carbocycles. The fourth-order valence-corrected chi connectivity index (χ4v) is 2.14. The fourth-order valence-electron chi connectivity index (χ4n) is 2.14. The van der Waals surface area contributed by atoms with Crippen LogP contribution in [0.3, 0.4) is 0 Å². The minimum Gasteiger partial charge on any atom is -0.497 e. The molecule has 0 N–H and O–H groups in total. The Morgan fingerprint density at radius 2 is 2.05 bits per heavy atom. The maximum Gasteiger partial charge on any atom is 0.231 e. The number of methoxy groups -OCH3 is 1. The average Bonchev–Trinajstić information content (AvgIpc) is 3.00. The normalized spacial score (nSPS) is 12.9. The summed E-state index contributed by atoms with van der Waals surface area (Å²) in [6.07, 6.45) is 1.82. The molecule has 2 aromatic carbocycles. The Hall–Kier alpha value is -2.93. The summed E-state index contributed by atoms with van der Waals surface area (Å²) in [5.74, 6) is 2.15. The van der Waals surface area contributed by atoms with Gasteiger partial charge in [-0.2, -0.15) is 5.26 Å².